The smallest absolute Gasteiger partial charge is 0.266 e. The van der Waals surface area contributed by atoms with Crippen LogP contribution in [0.1, 0.15) is 5.56 Å². The van der Waals surface area contributed by atoms with Crippen LogP contribution in [0, 0.1) is 0 Å². The van der Waals surface area contributed by atoms with E-state index in [1.807, 2.05) is 24.3 Å². The lowest BCUT2D eigenvalue weighted by Gasteiger charge is -2.28. The number of hydrogen-bond donors (Lipinski definition) is 0. The van der Waals surface area contributed by atoms with Crippen LogP contribution in [-0.4, -0.2) is 72.6 Å². The molecule has 8 heteroatoms. The van der Waals surface area contributed by atoms with E-state index in [9.17, 15) is 4.79 Å². The minimum absolute atomic E-state index is 0.0249. The Morgan fingerprint density at radius 2 is 1.85 bits per heavy atom. The van der Waals surface area contributed by atoms with Crippen molar-refractivity contribution in [2.24, 2.45) is 0 Å². The van der Waals surface area contributed by atoms with E-state index in [4.69, 9.17) is 26.4 Å². The van der Waals surface area contributed by atoms with Crippen molar-refractivity contribution in [3.63, 3.8) is 0 Å². The summed E-state index contributed by atoms with van der Waals surface area (Å²) in [5.41, 5.74) is 0.905. The summed E-state index contributed by atoms with van der Waals surface area (Å²) in [6, 6.07) is 5.70. The summed E-state index contributed by atoms with van der Waals surface area (Å²) in [4.78, 5) is 17.4. The number of benzene rings is 1. The Labute approximate surface area is 162 Å². The van der Waals surface area contributed by atoms with Gasteiger partial charge in [0.25, 0.3) is 5.91 Å². The Morgan fingerprint density at radius 3 is 2.65 bits per heavy atom. The van der Waals surface area contributed by atoms with Gasteiger partial charge in [0.05, 0.1) is 18.1 Å². The van der Waals surface area contributed by atoms with Gasteiger partial charge in [-0.05, 0) is 23.8 Å². The number of fused-ring (bicyclic) bond motifs is 1. The van der Waals surface area contributed by atoms with Crippen molar-refractivity contribution in [2.45, 2.75) is 0 Å². The molecule has 0 radical (unpaired) electrons. The van der Waals surface area contributed by atoms with Gasteiger partial charge in [-0.25, -0.2) is 0 Å². The SMILES string of the molecule is O=C1/C(=C/c2ccc3c(c2)OCCO3)SC(=S)N1CCN1CCOCC1. The molecule has 0 aromatic heterocycles. The molecule has 0 N–H and O–H groups in total. The van der Waals surface area contributed by atoms with Crippen molar-refractivity contribution in [1.82, 2.24) is 9.80 Å². The highest BCUT2D eigenvalue weighted by Gasteiger charge is 2.32. The zero-order valence-electron chi connectivity index (χ0n) is 14.3. The lowest BCUT2D eigenvalue weighted by molar-refractivity contribution is -0.122. The molecule has 3 aliphatic heterocycles. The van der Waals surface area contributed by atoms with Gasteiger partial charge < -0.3 is 14.2 Å². The second kappa shape index (κ2) is 7.96. The number of morpholine rings is 1. The maximum Gasteiger partial charge on any atom is 0.266 e. The van der Waals surface area contributed by atoms with Crippen LogP contribution in [0.5, 0.6) is 11.5 Å². The number of thioether (sulfide) groups is 1. The van der Waals surface area contributed by atoms with Crippen LogP contribution in [0.3, 0.4) is 0 Å². The van der Waals surface area contributed by atoms with E-state index in [0.29, 0.717) is 34.7 Å². The number of nitrogens with zero attached hydrogens (tertiary/aromatic N) is 2. The highest BCUT2D eigenvalue weighted by molar-refractivity contribution is 8.26. The Balaban J connectivity index is 1.43. The number of amides is 1. The van der Waals surface area contributed by atoms with E-state index in [1.165, 1.54) is 11.8 Å². The van der Waals surface area contributed by atoms with Crippen molar-refractivity contribution in [2.75, 3.05) is 52.6 Å². The fraction of sp³-hybridized carbons (Fsp3) is 0.444. The van der Waals surface area contributed by atoms with Crippen molar-refractivity contribution in [3.05, 3.63) is 28.7 Å². The number of thiocarbonyl (C=S) groups is 1. The van der Waals surface area contributed by atoms with Crippen molar-refractivity contribution >= 4 is 40.3 Å². The molecule has 1 aromatic carbocycles. The van der Waals surface area contributed by atoms with Gasteiger partial charge in [0.1, 0.15) is 17.5 Å². The quantitative estimate of drug-likeness (QED) is 0.574. The van der Waals surface area contributed by atoms with Gasteiger partial charge in [0.2, 0.25) is 0 Å². The highest BCUT2D eigenvalue weighted by atomic mass is 32.2. The van der Waals surface area contributed by atoms with E-state index in [-0.39, 0.29) is 5.91 Å². The molecule has 2 fully saturated rings. The third-order valence-corrected chi connectivity index (χ3v) is 5.86. The van der Waals surface area contributed by atoms with Crippen LogP contribution in [0.15, 0.2) is 23.1 Å². The molecule has 0 saturated carbocycles. The second-order valence-corrected chi connectivity index (χ2v) is 7.87. The molecule has 3 heterocycles. The minimum Gasteiger partial charge on any atom is -0.486 e. The highest BCUT2D eigenvalue weighted by Crippen LogP contribution is 2.35. The molecule has 26 heavy (non-hydrogen) atoms. The van der Waals surface area contributed by atoms with Crippen molar-refractivity contribution < 1.29 is 19.0 Å². The maximum absolute atomic E-state index is 12.7. The summed E-state index contributed by atoms with van der Waals surface area (Å²) in [6.45, 7) is 5.85. The van der Waals surface area contributed by atoms with Crippen LogP contribution < -0.4 is 9.47 Å². The zero-order valence-corrected chi connectivity index (χ0v) is 15.9. The molecule has 2 saturated heterocycles. The van der Waals surface area contributed by atoms with Gasteiger partial charge >= 0.3 is 0 Å². The third-order valence-electron chi connectivity index (χ3n) is 4.48. The fourth-order valence-corrected chi connectivity index (χ4v) is 4.37. The largest absolute Gasteiger partial charge is 0.486 e. The summed E-state index contributed by atoms with van der Waals surface area (Å²) in [5, 5.41) is 0. The van der Waals surface area contributed by atoms with Gasteiger partial charge in [-0.2, -0.15) is 0 Å². The molecule has 0 atom stereocenters. The molecule has 1 aromatic rings. The van der Waals surface area contributed by atoms with Gasteiger partial charge in [-0.1, -0.05) is 30.0 Å². The molecular weight excluding hydrogens is 372 g/mol. The van der Waals surface area contributed by atoms with Gasteiger partial charge in [-0.3, -0.25) is 14.6 Å². The Kier molecular flexibility index (Phi) is 5.44. The van der Waals surface area contributed by atoms with E-state index < -0.39 is 0 Å². The number of ether oxygens (including phenoxy) is 3. The number of carbonyl (C=O) groups is 1. The zero-order chi connectivity index (χ0) is 17.9. The molecular formula is C18H20N2O4S2. The molecule has 3 aliphatic rings. The van der Waals surface area contributed by atoms with Crippen LogP contribution in [0.4, 0.5) is 0 Å². The van der Waals surface area contributed by atoms with E-state index in [1.54, 1.807) is 4.90 Å². The molecule has 0 bridgehead atoms. The third kappa shape index (κ3) is 3.88. The first-order valence-corrected chi connectivity index (χ1v) is 9.88. The normalized spacial score (nSPS) is 22.3. The average molecular weight is 393 g/mol. The Bertz CT molecular complexity index is 747. The first-order chi connectivity index (χ1) is 12.7. The topological polar surface area (TPSA) is 51.2 Å². The average Bonchev–Trinajstić information content (AvgIpc) is 2.94. The van der Waals surface area contributed by atoms with Crippen LogP contribution in [0.25, 0.3) is 6.08 Å². The number of rotatable bonds is 4. The molecule has 138 valence electrons. The van der Waals surface area contributed by atoms with Crippen LogP contribution in [-0.2, 0) is 9.53 Å². The summed E-state index contributed by atoms with van der Waals surface area (Å²) in [5.74, 6) is 1.43. The minimum atomic E-state index is -0.0249. The first-order valence-electron chi connectivity index (χ1n) is 8.66. The molecule has 4 rings (SSSR count). The maximum atomic E-state index is 12.7. The number of hydrogen-bond acceptors (Lipinski definition) is 7. The molecule has 0 aliphatic carbocycles. The van der Waals surface area contributed by atoms with Gasteiger partial charge in [-0.15, -0.1) is 0 Å². The Morgan fingerprint density at radius 1 is 1.08 bits per heavy atom. The van der Waals surface area contributed by atoms with Gasteiger partial charge in [0.15, 0.2) is 11.5 Å². The van der Waals surface area contributed by atoms with E-state index in [2.05, 4.69) is 4.90 Å². The lowest BCUT2D eigenvalue weighted by Crippen LogP contribution is -2.42. The number of carbonyl (C=O) groups excluding carboxylic acids is 1. The van der Waals surface area contributed by atoms with Gasteiger partial charge in [0, 0.05) is 26.2 Å². The van der Waals surface area contributed by atoms with Crippen molar-refractivity contribution in [3.8, 4) is 11.5 Å². The van der Waals surface area contributed by atoms with Crippen molar-refractivity contribution in [1.29, 1.82) is 0 Å². The predicted molar refractivity (Wildman–Crippen MR) is 105 cm³/mol. The predicted octanol–water partition coefficient (Wildman–Crippen LogP) is 1.99. The second-order valence-electron chi connectivity index (χ2n) is 6.19. The molecule has 0 spiro atoms. The van der Waals surface area contributed by atoms with E-state index >= 15 is 0 Å². The van der Waals surface area contributed by atoms with Crippen LogP contribution >= 0.6 is 24.0 Å². The Hall–Kier alpha value is -1.61. The first kappa shape index (κ1) is 17.8. The summed E-state index contributed by atoms with van der Waals surface area (Å²) >= 11 is 6.77. The molecule has 0 unspecified atom stereocenters. The monoisotopic (exact) mass is 392 g/mol. The molecule has 6 nitrogen and oxygen atoms in total. The van der Waals surface area contributed by atoms with Crippen LogP contribution in [0.2, 0.25) is 0 Å². The summed E-state index contributed by atoms with van der Waals surface area (Å²) in [6.07, 6.45) is 1.87. The molecule has 1 amide bonds. The fourth-order valence-electron chi connectivity index (χ4n) is 3.06. The lowest BCUT2D eigenvalue weighted by atomic mass is 10.1. The summed E-state index contributed by atoms with van der Waals surface area (Å²) in [7, 11) is 0. The summed E-state index contributed by atoms with van der Waals surface area (Å²) < 4.78 is 17.1. The standard InChI is InChI=1S/C18H20N2O4S2/c21-17-16(12-13-1-2-14-15(11-13)24-10-9-23-14)26-18(25)20(17)4-3-19-5-7-22-8-6-19/h1-2,11-12H,3-10H2/b16-12-. The van der Waals surface area contributed by atoms with E-state index in [0.717, 1.165) is 44.2 Å².